The fraction of sp³-hybridized carbons (Fsp3) is 0.167. The summed E-state index contributed by atoms with van der Waals surface area (Å²) in [6, 6.07) is 0. The zero-order valence-corrected chi connectivity index (χ0v) is 6.66. The molecular formula is C6H5N5O2. The second-order valence-electron chi connectivity index (χ2n) is 2.46. The lowest BCUT2D eigenvalue weighted by molar-refractivity contribution is 0.914. The second-order valence-corrected chi connectivity index (χ2v) is 2.46. The van der Waals surface area contributed by atoms with Crippen molar-refractivity contribution < 1.29 is 0 Å². The van der Waals surface area contributed by atoms with Crippen LogP contribution in [0, 0.1) is 6.92 Å². The van der Waals surface area contributed by atoms with Crippen molar-refractivity contribution in [2.24, 2.45) is 0 Å². The summed E-state index contributed by atoms with van der Waals surface area (Å²) in [6.45, 7) is 1.61. The van der Waals surface area contributed by atoms with Crippen LogP contribution in [0.5, 0.6) is 0 Å². The number of nitrogens with one attached hydrogen (secondary N) is 2. The molecule has 0 atom stereocenters. The van der Waals surface area contributed by atoms with E-state index >= 15 is 0 Å². The van der Waals surface area contributed by atoms with Crippen LogP contribution in [-0.2, 0) is 0 Å². The van der Waals surface area contributed by atoms with Crippen molar-refractivity contribution in [3.63, 3.8) is 0 Å². The number of aromatic nitrogens is 5. The first-order valence-corrected chi connectivity index (χ1v) is 3.50. The van der Waals surface area contributed by atoms with Gasteiger partial charge in [0.05, 0.1) is 0 Å². The van der Waals surface area contributed by atoms with Crippen LogP contribution in [0.15, 0.2) is 9.59 Å². The van der Waals surface area contributed by atoms with Gasteiger partial charge in [0.1, 0.15) is 5.82 Å². The van der Waals surface area contributed by atoms with Gasteiger partial charge >= 0.3 is 5.69 Å². The van der Waals surface area contributed by atoms with E-state index in [0.29, 0.717) is 5.82 Å². The Hall–Kier alpha value is -2.05. The van der Waals surface area contributed by atoms with Gasteiger partial charge in [-0.05, 0) is 6.92 Å². The standard InChI is InChI=1S/C6H5N5O2/c1-2-7-3-4(11-10-2)8-6(13)9-5(3)12/h1H3,(H2,8,9,11,12,13). The monoisotopic (exact) mass is 179 g/mol. The van der Waals surface area contributed by atoms with Gasteiger partial charge in [-0.3, -0.25) is 14.8 Å². The summed E-state index contributed by atoms with van der Waals surface area (Å²) in [6.07, 6.45) is 0. The molecule has 0 aromatic carbocycles. The summed E-state index contributed by atoms with van der Waals surface area (Å²) in [5.41, 5.74) is -0.986. The minimum Gasteiger partial charge on any atom is -0.288 e. The largest absolute Gasteiger partial charge is 0.327 e. The third-order valence-electron chi connectivity index (χ3n) is 1.47. The van der Waals surface area contributed by atoms with Crippen LogP contribution < -0.4 is 11.2 Å². The SMILES string of the molecule is Cc1nnc2[nH]c(=O)[nH]c(=O)c2n1. The van der Waals surface area contributed by atoms with E-state index in [0.717, 1.165) is 0 Å². The molecule has 0 saturated carbocycles. The Morgan fingerprint density at radius 1 is 1.15 bits per heavy atom. The normalized spacial score (nSPS) is 10.5. The number of hydrogen-bond acceptors (Lipinski definition) is 5. The van der Waals surface area contributed by atoms with Crippen LogP contribution in [0.25, 0.3) is 11.2 Å². The molecule has 0 spiro atoms. The molecule has 0 unspecified atom stereocenters. The van der Waals surface area contributed by atoms with Crippen molar-refractivity contribution in [2.45, 2.75) is 6.92 Å². The van der Waals surface area contributed by atoms with Crippen LogP contribution >= 0.6 is 0 Å². The molecule has 7 nitrogen and oxygen atoms in total. The number of aromatic amines is 2. The molecule has 0 amide bonds. The maximum absolute atomic E-state index is 11.1. The fourth-order valence-electron chi connectivity index (χ4n) is 0.950. The van der Waals surface area contributed by atoms with E-state index in [4.69, 9.17) is 0 Å². The minimum absolute atomic E-state index is 0.0899. The molecule has 0 bridgehead atoms. The van der Waals surface area contributed by atoms with E-state index in [1.807, 2.05) is 4.98 Å². The Balaban J connectivity index is 3.04. The van der Waals surface area contributed by atoms with Crippen molar-refractivity contribution in [1.82, 2.24) is 25.1 Å². The van der Waals surface area contributed by atoms with Gasteiger partial charge in [-0.2, -0.15) is 0 Å². The second kappa shape index (κ2) is 2.47. The van der Waals surface area contributed by atoms with Crippen molar-refractivity contribution in [2.75, 3.05) is 0 Å². The number of aryl methyl sites for hydroxylation is 1. The third-order valence-corrected chi connectivity index (χ3v) is 1.47. The molecule has 2 heterocycles. The lowest BCUT2D eigenvalue weighted by atomic mass is 10.5. The summed E-state index contributed by atoms with van der Waals surface area (Å²) in [5.74, 6) is 0.380. The van der Waals surface area contributed by atoms with Crippen LogP contribution in [0.2, 0.25) is 0 Å². The minimum atomic E-state index is -0.613. The first-order valence-electron chi connectivity index (χ1n) is 3.50. The topological polar surface area (TPSA) is 104 Å². The van der Waals surface area contributed by atoms with E-state index in [1.165, 1.54) is 0 Å². The Bertz CT molecular complexity index is 569. The maximum Gasteiger partial charge on any atom is 0.327 e. The highest BCUT2D eigenvalue weighted by Crippen LogP contribution is 1.93. The van der Waals surface area contributed by atoms with E-state index in [9.17, 15) is 9.59 Å². The number of fused-ring (bicyclic) bond motifs is 1. The molecule has 0 radical (unpaired) electrons. The van der Waals surface area contributed by atoms with Gasteiger partial charge in [0.2, 0.25) is 0 Å². The molecule has 2 aromatic rings. The highest BCUT2D eigenvalue weighted by atomic mass is 16.2. The van der Waals surface area contributed by atoms with Gasteiger partial charge in [-0.25, -0.2) is 9.78 Å². The summed E-state index contributed by atoms with van der Waals surface area (Å²) in [7, 11) is 0. The number of H-pyrrole nitrogens is 2. The van der Waals surface area contributed by atoms with E-state index < -0.39 is 11.2 Å². The average molecular weight is 179 g/mol. The Morgan fingerprint density at radius 3 is 2.69 bits per heavy atom. The molecule has 2 rings (SSSR count). The summed E-state index contributed by atoms with van der Waals surface area (Å²) in [4.78, 5) is 30.1. The Labute approximate surface area is 70.9 Å². The van der Waals surface area contributed by atoms with E-state index in [-0.39, 0.29) is 11.2 Å². The highest BCUT2D eigenvalue weighted by molar-refractivity contribution is 5.66. The number of nitrogens with zero attached hydrogens (tertiary/aromatic N) is 3. The maximum atomic E-state index is 11.1. The van der Waals surface area contributed by atoms with Crippen LogP contribution in [-0.4, -0.2) is 25.1 Å². The van der Waals surface area contributed by atoms with E-state index in [1.54, 1.807) is 6.92 Å². The Kier molecular flexibility index (Phi) is 1.44. The van der Waals surface area contributed by atoms with Crippen LogP contribution in [0.1, 0.15) is 5.82 Å². The molecule has 2 aromatic heterocycles. The average Bonchev–Trinajstić information content (AvgIpc) is 2.06. The van der Waals surface area contributed by atoms with Crippen molar-refractivity contribution >= 4 is 11.2 Å². The van der Waals surface area contributed by atoms with Gasteiger partial charge in [-0.15, -0.1) is 10.2 Å². The molecule has 13 heavy (non-hydrogen) atoms. The predicted octanol–water partition coefficient (Wildman–Crippen LogP) is -1.29. The van der Waals surface area contributed by atoms with Crippen LogP contribution in [0.3, 0.4) is 0 Å². The molecule has 0 aliphatic heterocycles. The van der Waals surface area contributed by atoms with Gasteiger partial charge in [0.15, 0.2) is 11.2 Å². The molecule has 2 N–H and O–H groups in total. The zero-order valence-electron chi connectivity index (χ0n) is 6.66. The summed E-state index contributed by atoms with van der Waals surface area (Å²) < 4.78 is 0. The lowest BCUT2D eigenvalue weighted by Gasteiger charge is -1.93. The summed E-state index contributed by atoms with van der Waals surface area (Å²) in [5, 5.41) is 7.22. The lowest BCUT2D eigenvalue weighted by Crippen LogP contribution is -2.23. The van der Waals surface area contributed by atoms with E-state index in [2.05, 4.69) is 20.2 Å². The van der Waals surface area contributed by atoms with Gasteiger partial charge < -0.3 is 0 Å². The van der Waals surface area contributed by atoms with Crippen molar-refractivity contribution in [1.29, 1.82) is 0 Å². The van der Waals surface area contributed by atoms with Crippen LogP contribution in [0.4, 0.5) is 0 Å². The molecule has 7 heteroatoms. The van der Waals surface area contributed by atoms with Gasteiger partial charge in [0.25, 0.3) is 5.56 Å². The highest BCUT2D eigenvalue weighted by Gasteiger charge is 2.03. The molecule has 0 saturated heterocycles. The first-order chi connectivity index (χ1) is 6.16. The molecule has 0 fully saturated rings. The fourth-order valence-corrected chi connectivity index (χ4v) is 0.950. The molecule has 0 aliphatic carbocycles. The van der Waals surface area contributed by atoms with Gasteiger partial charge in [0, 0.05) is 0 Å². The van der Waals surface area contributed by atoms with Crippen molar-refractivity contribution in [3.8, 4) is 0 Å². The predicted molar refractivity (Wildman–Crippen MR) is 43.3 cm³/mol. The number of hydrogen-bond donors (Lipinski definition) is 2. The first kappa shape index (κ1) is 7.59. The van der Waals surface area contributed by atoms with Crippen molar-refractivity contribution in [3.05, 3.63) is 26.7 Å². The quantitative estimate of drug-likeness (QED) is 0.523. The third kappa shape index (κ3) is 1.19. The molecule has 0 aliphatic rings. The molecular weight excluding hydrogens is 174 g/mol. The Morgan fingerprint density at radius 2 is 1.92 bits per heavy atom. The number of rotatable bonds is 0. The van der Waals surface area contributed by atoms with Gasteiger partial charge in [-0.1, -0.05) is 0 Å². The molecule has 66 valence electrons. The zero-order chi connectivity index (χ0) is 9.42. The smallest absolute Gasteiger partial charge is 0.288 e. The summed E-state index contributed by atoms with van der Waals surface area (Å²) >= 11 is 0.